The van der Waals surface area contributed by atoms with E-state index < -0.39 is 4.92 Å². The molecule has 0 saturated heterocycles. The number of hydrogen-bond acceptors (Lipinski definition) is 4. The van der Waals surface area contributed by atoms with Crippen LogP contribution in [-0.2, 0) is 0 Å². The Morgan fingerprint density at radius 2 is 2.25 bits per heavy atom. The zero-order valence-corrected chi connectivity index (χ0v) is 10.4. The number of hydrogen-bond donors (Lipinski definition) is 1. The van der Waals surface area contributed by atoms with Crippen LogP contribution in [0.1, 0.15) is 19.8 Å². The summed E-state index contributed by atoms with van der Waals surface area (Å²) in [5.74, 6) is 0.706. The number of pyridine rings is 1. The highest BCUT2D eigenvalue weighted by atomic mass is 79.9. The summed E-state index contributed by atoms with van der Waals surface area (Å²) in [5, 5.41) is 14.0. The van der Waals surface area contributed by atoms with Crippen LogP contribution in [0, 0.1) is 16.0 Å². The maximum Gasteiger partial charge on any atom is 0.311 e. The molecule has 0 radical (unpaired) electrons. The molecule has 1 heterocycles. The molecule has 1 fully saturated rings. The second kappa shape index (κ2) is 4.37. The van der Waals surface area contributed by atoms with Gasteiger partial charge in [0.1, 0.15) is 11.9 Å². The molecule has 1 saturated carbocycles. The molecule has 0 unspecified atom stereocenters. The zero-order valence-electron chi connectivity index (χ0n) is 8.81. The van der Waals surface area contributed by atoms with E-state index in [4.69, 9.17) is 0 Å². The summed E-state index contributed by atoms with van der Waals surface area (Å²) in [5.41, 5.74) is 0.561. The maximum absolute atomic E-state index is 10.8. The van der Waals surface area contributed by atoms with Gasteiger partial charge in [0.05, 0.1) is 9.40 Å². The van der Waals surface area contributed by atoms with Gasteiger partial charge in [-0.05, 0) is 34.7 Å². The van der Waals surface area contributed by atoms with Crippen molar-refractivity contribution in [2.45, 2.75) is 25.8 Å². The van der Waals surface area contributed by atoms with Crippen LogP contribution in [0.3, 0.4) is 0 Å². The lowest BCUT2D eigenvalue weighted by Gasteiger charge is -2.34. The average Bonchev–Trinajstić information content (AvgIpc) is 2.18. The van der Waals surface area contributed by atoms with Crippen LogP contribution in [0.25, 0.3) is 0 Å². The van der Waals surface area contributed by atoms with Gasteiger partial charge in [-0.1, -0.05) is 6.92 Å². The Labute approximate surface area is 102 Å². The molecule has 0 amide bonds. The largest absolute Gasteiger partial charge is 0.376 e. The van der Waals surface area contributed by atoms with E-state index in [1.54, 1.807) is 6.20 Å². The molecule has 5 nitrogen and oxygen atoms in total. The number of nitro groups is 1. The van der Waals surface area contributed by atoms with E-state index in [2.05, 4.69) is 33.2 Å². The highest BCUT2D eigenvalue weighted by Crippen LogP contribution is 2.36. The summed E-state index contributed by atoms with van der Waals surface area (Å²) < 4.78 is 0.640. The van der Waals surface area contributed by atoms with Gasteiger partial charge in [0.2, 0.25) is 0 Å². The molecule has 1 aromatic heterocycles. The van der Waals surface area contributed by atoms with E-state index in [1.807, 2.05) is 0 Å². The van der Waals surface area contributed by atoms with Crippen molar-refractivity contribution in [1.82, 2.24) is 4.98 Å². The number of nitrogens with zero attached hydrogens (tertiary/aromatic N) is 2. The normalized spacial score (nSPS) is 23.6. The van der Waals surface area contributed by atoms with Crippen molar-refractivity contribution in [2.24, 2.45) is 5.92 Å². The number of rotatable bonds is 3. The molecular formula is C10H12BrN3O2. The number of anilines is 1. The van der Waals surface area contributed by atoms with Crippen molar-refractivity contribution in [3.05, 3.63) is 27.0 Å². The first-order chi connectivity index (χ1) is 7.58. The van der Waals surface area contributed by atoms with Crippen LogP contribution in [0.4, 0.5) is 11.4 Å². The van der Waals surface area contributed by atoms with Crippen molar-refractivity contribution in [2.75, 3.05) is 5.32 Å². The van der Waals surface area contributed by atoms with Crippen LogP contribution in [0.15, 0.2) is 16.9 Å². The summed E-state index contributed by atoms with van der Waals surface area (Å²) in [6.07, 6.45) is 4.96. The van der Waals surface area contributed by atoms with Gasteiger partial charge in [-0.25, -0.2) is 0 Å². The maximum atomic E-state index is 10.8. The first-order valence-electron chi connectivity index (χ1n) is 5.12. The first-order valence-corrected chi connectivity index (χ1v) is 5.91. The second-order valence-electron chi connectivity index (χ2n) is 4.19. The number of aromatic nitrogens is 1. The quantitative estimate of drug-likeness (QED) is 0.685. The predicted octanol–water partition coefficient (Wildman–Crippen LogP) is 2.96. The summed E-state index contributed by atoms with van der Waals surface area (Å²) in [6.45, 7) is 2.17. The summed E-state index contributed by atoms with van der Waals surface area (Å²) in [7, 11) is 0. The molecule has 1 aromatic rings. The van der Waals surface area contributed by atoms with Gasteiger partial charge >= 0.3 is 5.69 Å². The average molecular weight is 286 g/mol. The summed E-state index contributed by atoms with van der Waals surface area (Å²) >= 11 is 3.28. The van der Waals surface area contributed by atoms with E-state index in [0.717, 1.165) is 12.8 Å². The van der Waals surface area contributed by atoms with Crippen LogP contribution in [0.5, 0.6) is 0 Å². The van der Waals surface area contributed by atoms with Gasteiger partial charge in [-0.3, -0.25) is 15.1 Å². The highest BCUT2D eigenvalue weighted by Gasteiger charge is 2.28. The molecular weight excluding hydrogens is 274 g/mol. The third kappa shape index (κ3) is 2.16. The minimum atomic E-state index is -0.414. The number of halogens is 1. The van der Waals surface area contributed by atoms with Gasteiger partial charge in [0.15, 0.2) is 0 Å². The molecule has 2 rings (SSSR count). The molecule has 1 aliphatic rings. The van der Waals surface area contributed by atoms with Crippen LogP contribution in [-0.4, -0.2) is 15.9 Å². The van der Waals surface area contributed by atoms with Gasteiger partial charge in [0, 0.05) is 12.2 Å². The fourth-order valence-electron chi connectivity index (χ4n) is 1.93. The van der Waals surface area contributed by atoms with Crippen molar-refractivity contribution < 1.29 is 4.92 Å². The molecule has 6 heteroatoms. The Hall–Kier alpha value is -1.17. The lowest BCUT2D eigenvalue weighted by molar-refractivity contribution is -0.384. The molecule has 0 spiro atoms. The molecule has 0 aromatic carbocycles. The monoisotopic (exact) mass is 285 g/mol. The van der Waals surface area contributed by atoms with Crippen LogP contribution in [0.2, 0.25) is 0 Å². The van der Waals surface area contributed by atoms with Gasteiger partial charge in [-0.2, -0.15) is 0 Å². The van der Waals surface area contributed by atoms with Crippen molar-refractivity contribution in [1.29, 1.82) is 0 Å². The van der Waals surface area contributed by atoms with E-state index in [0.29, 0.717) is 22.1 Å². The van der Waals surface area contributed by atoms with E-state index in [-0.39, 0.29) is 5.69 Å². The standard InChI is InChI=1S/C10H12BrN3O2/c1-6-2-7(3-6)13-10-8(11)4-12-5-9(10)14(15)16/h4-7H,2-3H2,1H3,(H,12,13). The third-order valence-electron chi connectivity index (χ3n) is 2.80. The lowest BCUT2D eigenvalue weighted by Crippen LogP contribution is -2.34. The van der Waals surface area contributed by atoms with Gasteiger partial charge in [0.25, 0.3) is 0 Å². The van der Waals surface area contributed by atoms with Crippen LogP contribution < -0.4 is 5.32 Å². The van der Waals surface area contributed by atoms with Gasteiger partial charge < -0.3 is 5.32 Å². The smallest absolute Gasteiger partial charge is 0.311 e. The van der Waals surface area contributed by atoms with Crippen molar-refractivity contribution in [3.63, 3.8) is 0 Å². The van der Waals surface area contributed by atoms with Crippen LogP contribution >= 0.6 is 15.9 Å². The first kappa shape index (κ1) is 11.3. The van der Waals surface area contributed by atoms with Gasteiger partial charge in [-0.15, -0.1) is 0 Å². The van der Waals surface area contributed by atoms with Crippen molar-refractivity contribution in [3.8, 4) is 0 Å². The Morgan fingerprint density at radius 3 is 2.81 bits per heavy atom. The summed E-state index contributed by atoms with van der Waals surface area (Å²) in [6, 6.07) is 0.340. The Kier molecular flexibility index (Phi) is 3.09. The molecule has 1 aliphatic carbocycles. The fourth-order valence-corrected chi connectivity index (χ4v) is 2.37. The zero-order chi connectivity index (χ0) is 11.7. The topological polar surface area (TPSA) is 68.1 Å². The molecule has 0 bridgehead atoms. The van der Waals surface area contributed by atoms with E-state index in [1.165, 1.54) is 6.20 Å². The predicted molar refractivity (Wildman–Crippen MR) is 64.4 cm³/mol. The number of nitrogens with one attached hydrogen (secondary N) is 1. The Bertz CT molecular complexity index is 419. The molecule has 1 N–H and O–H groups in total. The Morgan fingerprint density at radius 1 is 1.56 bits per heavy atom. The van der Waals surface area contributed by atoms with E-state index >= 15 is 0 Å². The molecule has 0 aliphatic heterocycles. The molecule has 86 valence electrons. The van der Waals surface area contributed by atoms with Crippen molar-refractivity contribution >= 4 is 27.3 Å². The minimum absolute atomic E-state index is 0.0222. The Balaban J connectivity index is 2.21. The highest BCUT2D eigenvalue weighted by molar-refractivity contribution is 9.10. The minimum Gasteiger partial charge on any atom is -0.376 e. The lowest BCUT2D eigenvalue weighted by atomic mass is 9.82. The fraction of sp³-hybridized carbons (Fsp3) is 0.500. The summed E-state index contributed by atoms with van der Waals surface area (Å²) in [4.78, 5) is 14.2. The second-order valence-corrected chi connectivity index (χ2v) is 5.04. The third-order valence-corrected chi connectivity index (χ3v) is 3.40. The van der Waals surface area contributed by atoms with E-state index in [9.17, 15) is 10.1 Å². The molecule has 0 atom stereocenters. The SMILES string of the molecule is CC1CC(Nc2c(Br)cncc2[N+](=O)[O-])C1. The molecule has 16 heavy (non-hydrogen) atoms.